The molecule has 5 heteroatoms. The molecule has 1 aliphatic carbocycles. The summed E-state index contributed by atoms with van der Waals surface area (Å²) in [4.78, 5) is 24.7. The summed E-state index contributed by atoms with van der Waals surface area (Å²) in [7, 11) is 0. The molecule has 0 radical (unpaired) electrons. The monoisotopic (exact) mass is 352 g/mol. The third-order valence-corrected chi connectivity index (χ3v) is 4.08. The van der Waals surface area contributed by atoms with Gasteiger partial charge in [0, 0.05) is 5.54 Å². The standard InChI is InChI=1S/C21H24N2O3/c1-21(2,3)23-20(25)16-13-15(16)19(24)22-17-11-7-8-12-18(17)26-14-9-5-4-6-10-14/h4-12,15-16H,13H2,1-3H3,(H,22,24)(H,23,25). The molecule has 2 aromatic carbocycles. The van der Waals surface area contributed by atoms with Crippen LogP contribution in [0, 0.1) is 11.8 Å². The first-order valence-corrected chi connectivity index (χ1v) is 8.78. The molecule has 2 amide bonds. The number of benzene rings is 2. The molecule has 0 heterocycles. The van der Waals surface area contributed by atoms with Crippen molar-refractivity contribution in [3.05, 3.63) is 54.6 Å². The molecule has 1 fully saturated rings. The molecular formula is C21H24N2O3. The molecule has 5 nitrogen and oxygen atoms in total. The number of hydrogen-bond acceptors (Lipinski definition) is 3. The number of anilines is 1. The average molecular weight is 352 g/mol. The Bertz CT molecular complexity index is 796. The topological polar surface area (TPSA) is 67.4 Å². The zero-order valence-corrected chi connectivity index (χ0v) is 15.3. The molecule has 2 atom stereocenters. The normalized spacial score (nSPS) is 18.7. The van der Waals surface area contributed by atoms with Gasteiger partial charge in [-0.15, -0.1) is 0 Å². The average Bonchev–Trinajstić information content (AvgIpc) is 3.37. The molecule has 3 rings (SSSR count). The molecule has 136 valence electrons. The lowest BCUT2D eigenvalue weighted by atomic mass is 10.1. The quantitative estimate of drug-likeness (QED) is 0.856. The van der Waals surface area contributed by atoms with Crippen LogP contribution in [-0.2, 0) is 9.59 Å². The van der Waals surface area contributed by atoms with Gasteiger partial charge in [0.2, 0.25) is 11.8 Å². The molecule has 1 saturated carbocycles. The van der Waals surface area contributed by atoms with E-state index in [9.17, 15) is 9.59 Å². The van der Waals surface area contributed by atoms with E-state index in [0.717, 1.165) is 0 Å². The van der Waals surface area contributed by atoms with Gasteiger partial charge >= 0.3 is 0 Å². The Morgan fingerprint density at radius 3 is 2.23 bits per heavy atom. The number of ether oxygens (including phenoxy) is 1. The highest BCUT2D eigenvalue weighted by Gasteiger charge is 2.48. The van der Waals surface area contributed by atoms with Crippen molar-refractivity contribution in [2.45, 2.75) is 32.7 Å². The van der Waals surface area contributed by atoms with Crippen molar-refractivity contribution in [1.29, 1.82) is 0 Å². The first kappa shape index (κ1) is 18.0. The second kappa shape index (κ2) is 7.20. The van der Waals surface area contributed by atoms with Crippen LogP contribution < -0.4 is 15.4 Å². The van der Waals surface area contributed by atoms with E-state index in [1.807, 2.05) is 63.2 Å². The highest BCUT2D eigenvalue weighted by atomic mass is 16.5. The van der Waals surface area contributed by atoms with E-state index in [0.29, 0.717) is 23.6 Å². The van der Waals surface area contributed by atoms with E-state index in [4.69, 9.17) is 4.74 Å². The molecule has 0 spiro atoms. The van der Waals surface area contributed by atoms with Crippen LogP contribution >= 0.6 is 0 Å². The van der Waals surface area contributed by atoms with Gasteiger partial charge in [-0.05, 0) is 51.5 Å². The van der Waals surface area contributed by atoms with Gasteiger partial charge in [0.15, 0.2) is 5.75 Å². The summed E-state index contributed by atoms with van der Waals surface area (Å²) in [5.41, 5.74) is 0.305. The lowest BCUT2D eigenvalue weighted by molar-refractivity contribution is -0.126. The van der Waals surface area contributed by atoms with E-state index in [-0.39, 0.29) is 29.2 Å². The van der Waals surface area contributed by atoms with Crippen LogP contribution in [0.25, 0.3) is 0 Å². The number of rotatable bonds is 5. The largest absolute Gasteiger partial charge is 0.455 e. The smallest absolute Gasteiger partial charge is 0.228 e. The molecule has 0 bridgehead atoms. The number of hydrogen-bond donors (Lipinski definition) is 2. The number of carbonyl (C=O) groups is 2. The van der Waals surface area contributed by atoms with Gasteiger partial charge < -0.3 is 15.4 Å². The number of para-hydroxylation sites is 3. The van der Waals surface area contributed by atoms with Gasteiger partial charge in [-0.1, -0.05) is 30.3 Å². The van der Waals surface area contributed by atoms with E-state index >= 15 is 0 Å². The van der Waals surface area contributed by atoms with Gasteiger partial charge in [0.05, 0.1) is 17.5 Å². The maximum absolute atomic E-state index is 12.5. The van der Waals surface area contributed by atoms with Crippen molar-refractivity contribution < 1.29 is 14.3 Å². The van der Waals surface area contributed by atoms with Crippen LogP contribution in [0.4, 0.5) is 5.69 Å². The van der Waals surface area contributed by atoms with Crippen LogP contribution in [0.2, 0.25) is 0 Å². The van der Waals surface area contributed by atoms with E-state index in [1.54, 1.807) is 12.1 Å². The SMILES string of the molecule is CC(C)(C)NC(=O)C1CC1C(=O)Nc1ccccc1Oc1ccccc1. The first-order chi connectivity index (χ1) is 12.3. The minimum absolute atomic E-state index is 0.0635. The van der Waals surface area contributed by atoms with Crippen LogP contribution in [0.1, 0.15) is 27.2 Å². The van der Waals surface area contributed by atoms with Gasteiger partial charge in [-0.2, -0.15) is 0 Å². The highest BCUT2D eigenvalue weighted by molar-refractivity contribution is 6.00. The minimum Gasteiger partial charge on any atom is -0.455 e. The highest BCUT2D eigenvalue weighted by Crippen LogP contribution is 2.40. The van der Waals surface area contributed by atoms with Gasteiger partial charge in [0.1, 0.15) is 5.75 Å². The third-order valence-electron chi connectivity index (χ3n) is 4.08. The summed E-state index contributed by atoms with van der Waals surface area (Å²) in [6, 6.07) is 16.7. The molecule has 0 aromatic heterocycles. The first-order valence-electron chi connectivity index (χ1n) is 8.78. The maximum atomic E-state index is 12.5. The van der Waals surface area contributed by atoms with Crippen LogP contribution in [0.3, 0.4) is 0 Å². The molecule has 26 heavy (non-hydrogen) atoms. The molecule has 2 N–H and O–H groups in total. The van der Waals surface area contributed by atoms with Crippen LogP contribution in [0.5, 0.6) is 11.5 Å². The Kier molecular flexibility index (Phi) is 4.98. The molecule has 2 aromatic rings. The van der Waals surface area contributed by atoms with Crippen molar-refractivity contribution in [2.75, 3.05) is 5.32 Å². The fourth-order valence-electron chi connectivity index (χ4n) is 2.74. The molecular weight excluding hydrogens is 328 g/mol. The van der Waals surface area contributed by atoms with Gasteiger partial charge in [0.25, 0.3) is 0 Å². The second-order valence-corrected chi connectivity index (χ2v) is 7.59. The Morgan fingerprint density at radius 2 is 1.54 bits per heavy atom. The Hall–Kier alpha value is -2.82. The number of amides is 2. The lowest BCUT2D eigenvalue weighted by Crippen LogP contribution is -2.42. The van der Waals surface area contributed by atoms with Gasteiger partial charge in [-0.25, -0.2) is 0 Å². The lowest BCUT2D eigenvalue weighted by Gasteiger charge is -2.20. The van der Waals surface area contributed by atoms with Crippen molar-refractivity contribution in [1.82, 2.24) is 5.32 Å². The Labute approximate surface area is 153 Å². The number of carbonyl (C=O) groups excluding carboxylic acids is 2. The predicted molar refractivity (Wildman–Crippen MR) is 101 cm³/mol. The Balaban J connectivity index is 1.63. The van der Waals surface area contributed by atoms with Crippen molar-refractivity contribution in [2.24, 2.45) is 11.8 Å². The molecule has 2 unspecified atom stereocenters. The summed E-state index contributed by atoms with van der Waals surface area (Å²) < 4.78 is 5.86. The van der Waals surface area contributed by atoms with E-state index in [1.165, 1.54) is 0 Å². The molecule has 1 aliphatic rings. The fourth-order valence-corrected chi connectivity index (χ4v) is 2.74. The van der Waals surface area contributed by atoms with Crippen molar-refractivity contribution >= 4 is 17.5 Å². The summed E-state index contributed by atoms with van der Waals surface area (Å²) in [5, 5.41) is 5.83. The van der Waals surface area contributed by atoms with E-state index in [2.05, 4.69) is 10.6 Å². The van der Waals surface area contributed by atoms with Crippen LogP contribution in [0.15, 0.2) is 54.6 Å². The number of nitrogens with one attached hydrogen (secondary N) is 2. The summed E-state index contributed by atoms with van der Waals surface area (Å²) in [6.07, 6.45) is 0.579. The molecule has 0 aliphatic heterocycles. The summed E-state index contributed by atoms with van der Waals surface area (Å²) >= 11 is 0. The van der Waals surface area contributed by atoms with E-state index < -0.39 is 0 Å². The zero-order valence-electron chi connectivity index (χ0n) is 15.3. The minimum atomic E-state index is -0.295. The van der Waals surface area contributed by atoms with Gasteiger partial charge in [-0.3, -0.25) is 9.59 Å². The third kappa shape index (κ3) is 4.63. The molecule has 0 saturated heterocycles. The second-order valence-electron chi connectivity index (χ2n) is 7.59. The Morgan fingerprint density at radius 1 is 0.923 bits per heavy atom. The van der Waals surface area contributed by atoms with Crippen LogP contribution in [-0.4, -0.2) is 17.4 Å². The summed E-state index contributed by atoms with van der Waals surface area (Å²) in [5.74, 6) is 0.514. The fraction of sp³-hybridized carbons (Fsp3) is 0.333. The maximum Gasteiger partial charge on any atom is 0.228 e. The zero-order chi connectivity index (χ0) is 18.7. The predicted octanol–water partition coefficient (Wildman–Crippen LogP) is 3.97. The van der Waals surface area contributed by atoms with Crippen molar-refractivity contribution in [3.63, 3.8) is 0 Å². The van der Waals surface area contributed by atoms with Crippen molar-refractivity contribution in [3.8, 4) is 11.5 Å². The summed E-state index contributed by atoms with van der Waals surface area (Å²) in [6.45, 7) is 5.79.